The highest BCUT2D eigenvalue weighted by Gasteiger charge is 2.32. The lowest BCUT2D eigenvalue weighted by Gasteiger charge is -2.08. The van der Waals surface area contributed by atoms with E-state index in [4.69, 9.17) is 0 Å². The first-order valence-corrected chi connectivity index (χ1v) is 10.4. The molecule has 152 valence electrons. The number of benzene rings is 1. The van der Waals surface area contributed by atoms with Gasteiger partial charge in [0.15, 0.2) is 10.3 Å². The monoisotopic (exact) mass is 438 g/mol. The van der Waals surface area contributed by atoms with E-state index in [2.05, 4.69) is 32.4 Å². The molecule has 10 heteroatoms. The molecule has 5 nitrogen and oxygen atoms in total. The van der Waals surface area contributed by atoms with Crippen molar-refractivity contribution in [2.24, 2.45) is 0 Å². The van der Waals surface area contributed by atoms with Crippen LogP contribution in [0.25, 0.3) is 11.3 Å². The molecule has 3 rings (SSSR count). The van der Waals surface area contributed by atoms with Gasteiger partial charge in [-0.2, -0.15) is 13.2 Å². The second kappa shape index (κ2) is 8.50. The van der Waals surface area contributed by atoms with E-state index in [0.717, 1.165) is 46.4 Å². The predicted molar refractivity (Wildman–Crippen MR) is 108 cm³/mol. The molecule has 0 spiro atoms. The quantitative estimate of drug-likeness (QED) is 0.434. The Balaban J connectivity index is 1.64. The van der Waals surface area contributed by atoms with Gasteiger partial charge in [-0.3, -0.25) is 4.79 Å². The molecule has 0 aliphatic carbocycles. The number of aromatic nitrogens is 3. The van der Waals surface area contributed by atoms with Crippen LogP contribution in [0.5, 0.6) is 0 Å². The summed E-state index contributed by atoms with van der Waals surface area (Å²) in [5.41, 5.74) is 4.13. The summed E-state index contributed by atoms with van der Waals surface area (Å²) in [4.78, 5) is 23.8. The van der Waals surface area contributed by atoms with Crippen LogP contribution in [0.2, 0.25) is 0 Å². The number of hydrogen-bond acceptors (Lipinski definition) is 6. The van der Waals surface area contributed by atoms with Crippen molar-refractivity contribution in [1.29, 1.82) is 0 Å². The van der Waals surface area contributed by atoms with Gasteiger partial charge in [0, 0.05) is 17.1 Å². The SMILES string of the molecule is Cc1cc(C)c(-c2csc(NC(=O)CSc3nccc(C(F)(F)F)n3)n2)c(C)c1. The molecule has 0 saturated heterocycles. The van der Waals surface area contributed by atoms with Gasteiger partial charge in [-0.1, -0.05) is 29.5 Å². The lowest BCUT2D eigenvalue weighted by molar-refractivity contribution is -0.141. The van der Waals surface area contributed by atoms with E-state index < -0.39 is 17.8 Å². The van der Waals surface area contributed by atoms with Crippen LogP contribution in [-0.2, 0) is 11.0 Å². The molecule has 1 N–H and O–H groups in total. The Hall–Kier alpha value is -2.46. The number of anilines is 1. The van der Waals surface area contributed by atoms with Gasteiger partial charge in [0.25, 0.3) is 0 Å². The molecule has 0 fully saturated rings. The van der Waals surface area contributed by atoms with Gasteiger partial charge in [0.05, 0.1) is 11.4 Å². The average molecular weight is 439 g/mol. The van der Waals surface area contributed by atoms with Gasteiger partial charge < -0.3 is 5.32 Å². The third kappa shape index (κ3) is 5.33. The molecule has 29 heavy (non-hydrogen) atoms. The summed E-state index contributed by atoms with van der Waals surface area (Å²) in [6, 6.07) is 4.94. The Kier molecular flexibility index (Phi) is 6.23. The number of thiazole rings is 1. The number of nitrogens with zero attached hydrogens (tertiary/aromatic N) is 3. The third-order valence-corrected chi connectivity index (χ3v) is 5.56. The highest BCUT2D eigenvalue weighted by atomic mass is 32.2. The van der Waals surface area contributed by atoms with Gasteiger partial charge in [-0.15, -0.1) is 11.3 Å². The first-order chi connectivity index (χ1) is 13.6. The maximum Gasteiger partial charge on any atom is 0.433 e. The molecule has 0 aliphatic rings. The second-order valence-electron chi connectivity index (χ2n) is 6.37. The van der Waals surface area contributed by atoms with E-state index in [0.29, 0.717) is 5.13 Å². The number of amides is 1. The Morgan fingerprint density at radius 1 is 1.17 bits per heavy atom. The van der Waals surface area contributed by atoms with Gasteiger partial charge in [-0.25, -0.2) is 15.0 Å². The molecule has 1 aromatic carbocycles. The zero-order valence-electron chi connectivity index (χ0n) is 15.8. The zero-order chi connectivity index (χ0) is 21.2. The van der Waals surface area contributed by atoms with Crippen molar-refractivity contribution in [3.05, 3.63) is 52.2 Å². The Labute approximate surface area is 173 Å². The summed E-state index contributed by atoms with van der Waals surface area (Å²) >= 11 is 2.12. The summed E-state index contributed by atoms with van der Waals surface area (Å²) in [7, 11) is 0. The standard InChI is InChI=1S/C19H17F3N4OS2/c1-10-6-11(2)16(12(3)7-10)13-8-28-18(24-13)26-15(27)9-29-17-23-5-4-14(25-17)19(20,21)22/h4-8H,9H2,1-3H3,(H,24,26,27). The number of rotatable bonds is 5. The van der Waals surface area contributed by atoms with E-state index in [-0.39, 0.29) is 10.9 Å². The van der Waals surface area contributed by atoms with Crippen LogP contribution >= 0.6 is 23.1 Å². The smallest absolute Gasteiger partial charge is 0.301 e. The second-order valence-corrected chi connectivity index (χ2v) is 8.17. The maximum atomic E-state index is 12.7. The number of thioether (sulfide) groups is 1. The average Bonchev–Trinajstić information content (AvgIpc) is 3.06. The molecule has 0 unspecified atom stereocenters. The molecule has 2 aromatic heterocycles. The minimum atomic E-state index is -4.55. The van der Waals surface area contributed by atoms with E-state index in [9.17, 15) is 18.0 Å². The molecule has 2 heterocycles. The van der Waals surface area contributed by atoms with Crippen molar-refractivity contribution in [2.75, 3.05) is 11.1 Å². The molecule has 1 amide bonds. The summed E-state index contributed by atoms with van der Waals surface area (Å²) in [5, 5.41) is 4.85. The molecular weight excluding hydrogens is 421 g/mol. The minimum absolute atomic E-state index is 0.110. The van der Waals surface area contributed by atoms with Crippen LogP contribution in [0.15, 0.2) is 34.9 Å². The van der Waals surface area contributed by atoms with E-state index in [1.165, 1.54) is 16.9 Å². The fraction of sp³-hybridized carbons (Fsp3) is 0.263. The summed E-state index contributed by atoms with van der Waals surface area (Å²) < 4.78 is 38.1. The predicted octanol–water partition coefficient (Wildman–Crippen LogP) is 5.27. The van der Waals surface area contributed by atoms with Crippen molar-refractivity contribution < 1.29 is 18.0 Å². The zero-order valence-corrected chi connectivity index (χ0v) is 17.4. The van der Waals surface area contributed by atoms with Crippen molar-refractivity contribution in [3.8, 4) is 11.3 Å². The number of aryl methyl sites for hydroxylation is 3. The Morgan fingerprint density at radius 2 is 1.86 bits per heavy atom. The van der Waals surface area contributed by atoms with Crippen molar-refractivity contribution in [1.82, 2.24) is 15.0 Å². The number of alkyl halides is 3. The maximum absolute atomic E-state index is 12.7. The van der Waals surface area contributed by atoms with Crippen LogP contribution in [0, 0.1) is 20.8 Å². The van der Waals surface area contributed by atoms with Gasteiger partial charge in [0.2, 0.25) is 5.91 Å². The first kappa shape index (κ1) is 21.3. The third-order valence-electron chi connectivity index (χ3n) is 3.94. The van der Waals surface area contributed by atoms with Gasteiger partial charge in [0.1, 0.15) is 5.69 Å². The summed E-state index contributed by atoms with van der Waals surface area (Å²) in [5.74, 6) is -0.520. The molecule has 0 saturated carbocycles. The highest BCUT2D eigenvalue weighted by molar-refractivity contribution is 7.99. The molecular formula is C19H17F3N4OS2. The van der Waals surface area contributed by atoms with E-state index in [1.54, 1.807) is 0 Å². The Morgan fingerprint density at radius 3 is 2.52 bits per heavy atom. The van der Waals surface area contributed by atoms with Crippen LogP contribution in [0.4, 0.5) is 18.3 Å². The molecule has 0 radical (unpaired) electrons. The fourth-order valence-electron chi connectivity index (χ4n) is 2.88. The highest BCUT2D eigenvalue weighted by Crippen LogP contribution is 2.31. The van der Waals surface area contributed by atoms with Crippen LogP contribution in [-0.4, -0.2) is 26.6 Å². The lowest BCUT2D eigenvalue weighted by Crippen LogP contribution is -2.14. The van der Waals surface area contributed by atoms with Crippen molar-refractivity contribution >= 4 is 34.1 Å². The summed E-state index contributed by atoms with van der Waals surface area (Å²) in [6.07, 6.45) is -3.53. The number of nitrogens with one attached hydrogen (secondary N) is 1. The Bertz CT molecular complexity index is 1030. The molecule has 0 bridgehead atoms. The lowest BCUT2D eigenvalue weighted by atomic mass is 9.98. The molecule has 3 aromatic rings. The van der Waals surface area contributed by atoms with E-state index >= 15 is 0 Å². The number of halogens is 3. The van der Waals surface area contributed by atoms with Crippen molar-refractivity contribution in [3.63, 3.8) is 0 Å². The molecule has 0 aliphatic heterocycles. The van der Waals surface area contributed by atoms with Gasteiger partial charge >= 0.3 is 6.18 Å². The van der Waals surface area contributed by atoms with E-state index in [1.807, 2.05) is 26.2 Å². The first-order valence-electron chi connectivity index (χ1n) is 8.50. The molecule has 0 atom stereocenters. The minimum Gasteiger partial charge on any atom is -0.301 e. The summed E-state index contributed by atoms with van der Waals surface area (Å²) in [6.45, 7) is 6.06. The normalized spacial score (nSPS) is 11.5. The van der Waals surface area contributed by atoms with Crippen LogP contribution in [0.1, 0.15) is 22.4 Å². The largest absolute Gasteiger partial charge is 0.433 e. The number of carbonyl (C=O) groups excluding carboxylic acids is 1. The number of hydrogen-bond donors (Lipinski definition) is 1. The topological polar surface area (TPSA) is 67.8 Å². The van der Waals surface area contributed by atoms with Crippen molar-refractivity contribution in [2.45, 2.75) is 32.1 Å². The van der Waals surface area contributed by atoms with Crippen LogP contribution < -0.4 is 5.32 Å². The number of carbonyl (C=O) groups is 1. The van der Waals surface area contributed by atoms with Crippen LogP contribution in [0.3, 0.4) is 0 Å². The van der Waals surface area contributed by atoms with Gasteiger partial charge in [-0.05, 0) is 38.0 Å². The fourth-order valence-corrected chi connectivity index (χ4v) is 4.23.